The van der Waals surface area contributed by atoms with Gasteiger partial charge in [0.15, 0.2) is 5.69 Å². The van der Waals surface area contributed by atoms with Crippen molar-refractivity contribution in [3.8, 4) is 0 Å². The molecule has 1 fully saturated rings. The van der Waals surface area contributed by atoms with Gasteiger partial charge >= 0.3 is 5.97 Å². The van der Waals surface area contributed by atoms with Gasteiger partial charge in [0.05, 0.1) is 17.2 Å². The molecule has 0 amide bonds. The maximum Gasteiger partial charge on any atom is 0.356 e. The van der Waals surface area contributed by atoms with Gasteiger partial charge in [-0.25, -0.2) is 9.78 Å². The van der Waals surface area contributed by atoms with Crippen molar-refractivity contribution in [3.63, 3.8) is 0 Å². The number of thiophene rings is 1. The van der Waals surface area contributed by atoms with Crippen LogP contribution < -0.4 is 4.90 Å². The third-order valence-corrected chi connectivity index (χ3v) is 6.16. The Balaban J connectivity index is 1.56. The second-order valence-corrected chi connectivity index (χ2v) is 7.55. The number of piperidine rings is 1. The normalized spacial score (nSPS) is 19.3. The van der Waals surface area contributed by atoms with Crippen molar-refractivity contribution in [2.24, 2.45) is 0 Å². The highest BCUT2D eigenvalue weighted by atomic mass is 35.5. The zero-order valence-electron chi connectivity index (χ0n) is 13.0. The fourth-order valence-corrected chi connectivity index (χ4v) is 4.76. The minimum absolute atomic E-state index is 0.0940. The summed E-state index contributed by atoms with van der Waals surface area (Å²) < 4.78 is 6.20. The average molecular weight is 365 g/mol. The van der Waals surface area contributed by atoms with Gasteiger partial charge in [0, 0.05) is 24.4 Å². The summed E-state index contributed by atoms with van der Waals surface area (Å²) in [5.41, 5.74) is 1.06. The Kier molecular flexibility index (Phi) is 3.98. The predicted molar refractivity (Wildman–Crippen MR) is 93.3 cm³/mol. The van der Waals surface area contributed by atoms with Gasteiger partial charge in [-0.3, -0.25) is 0 Å². The van der Waals surface area contributed by atoms with Crippen LogP contribution in [0, 0.1) is 0 Å². The summed E-state index contributed by atoms with van der Waals surface area (Å²) in [5.74, 6) is -0.443. The lowest BCUT2D eigenvalue weighted by Gasteiger charge is -2.44. The maximum atomic E-state index is 11.2. The first kappa shape index (κ1) is 15.9. The summed E-state index contributed by atoms with van der Waals surface area (Å²) in [5, 5.41) is 11.5. The van der Waals surface area contributed by atoms with Crippen LogP contribution in [0.2, 0.25) is 5.02 Å². The van der Waals surface area contributed by atoms with Gasteiger partial charge in [-0.1, -0.05) is 11.6 Å². The summed E-state index contributed by atoms with van der Waals surface area (Å²) >= 11 is 7.72. The predicted octanol–water partition coefficient (Wildman–Crippen LogP) is 3.56. The van der Waals surface area contributed by atoms with Gasteiger partial charge in [0.1, 0.15) is 5.82 Å². The number of fused-ring (bicyclic) bond motifs is 2. The third-order valence-electron chi connectivity index (χ3n) is 4.87. The van der Waals surface area contributed by atoms with Crippen molar-refractivity contribution in [2.45, 2.75) is 24.9 Å². The van der Waals surface area contributed by atoms with E-state index in [2.05, 4.69) is 21.3 Å². The molecule has 126 valence electrons. The molecule has 1 N–H and O–H groups in total. The second-order valence-electron chi connectivity index (χ2n) is 6.14. The quantitative estimate of drug-likeness (QED) is 0.882. The number of carbonyl (C=O) groups is 1. The monoisotopic (exact) mass is 364 g/mol. The fraction of sp³-hybridized carbons (Fsp3) is 0.412. The van der Waals surface area contributed by atoms with Gasteiger partial charge < -0.3 is 14.7 Å². The number of anilines is 1. The van der Waals surface area contributed by atoms with E-state index < -0.39 is 5.97 Å². The molecule has 0 atom stereocenters. The van der Waals surface area contributed by atoms with Crippen molar-refractivity contribution >= 4 is 34.7 Å². The number of pyridine rings is 1. The Hall–Kier alpha value is -1.63. The number of aromatic carboxylic acids is 1. The van der Waals surface area contributed by atoms with Gasteiger partial charge in [-0.05, 0) is 42.0 Å². The molecular weight excluding hydrogens is 348 g/mol. The van der Waals surface area contributed by atoms with E-state index in [0.29, 0.717) is 5.82 Å². The topological polar surface area (TPSA) is 62.7 Å². The Morgan fingerprint density at radius 1 is 1.33 bits per heavy atom. The summed E-state index contributed by atoms with van der Waals surface area (Å²) in [6.07, 6.45) is 2.76. The number of rotatable bonds is 2. The zero-order chi connectivity index (χ0) is 16.7. The molecule has 0 bridgehead atoms. The van der Waals surface area contributed by atoms with E-state index in [-0.39, 0.29) is 16.3 Å². The van der Waals surface area contributed by atoms with Crippen LogP contribution in [0.3, 0.4) is 0 Å². The molecule has 1 spiro atoms. The zero-order valence-corrected chi connectivity index (χ0v) is 14.6. The number of aromatic nitrogens is 1. The Morgan fingerprint density at radius 2 is 2.12 bits per heavy atom. The summed E-state index contributed by atoms with van der Waals surface area (Å²) in [6.45, 7) is 2.34. The van der Waals surface area contributed by atoms with E-state index in [1.165, 1.54) is 10.4 Å². The molecule has 2 aromatic heterocycles. The van der Waals surface area contributed by atoms with E-state index in [1.807, 2.05) is 11.3 Å². The number of nitrogens with zero attached hydrogens (tertiary/aromatic N) is 2. The second kappa shape index (κ2) is 6.02. The molecule has 24 heavy (non-hydrogen) atoms. The molecule has 4 rings (SSSR count). The molecule has 0 saturated carbocycles. The first-order chi connectivity index (χ1) is 11.6. The van der Waals surface area contributed by atoms with Crippen molar-refractivity contribution < 1.29 is 14.6 Å². The van der Waals surface area contributed by atoms with Crippen molar-refractivity contribution in [1.29, 1.82) is 0 Å². The molecule has 0 aliphatic carbocycles. The molecule has 2 aliphatic heterocycles. The molecular formula is C17H17ClN2O3S. The molecule has 0 aromatic carbocycles. The largest absolute Gasteiger partial charge is 0.476 e. The first-order valence-electron chi connectivity index (χ1n) is 7.95. The van der Waals surface area contributed by atoms with Crippen LogP contribution >= 0.6 is 22.9 Å². The van der Waals surface area contributed by atoms with Crippen LogP contribution in [0.25, 0.3) is 0 Å². The highest BCUT2D eigenvalue weighted by Gasteiger charge is 2.41. The van der Waals surface area contributed by atoms with Crippen LogP contribution in [0.1, 0.15) is 33.8 Å². The number of halogens is 1. The van der Waals surface area contributed by atoms with Crippen molar-refractivity contribution in [2.75, 3.05) is 24.6 Å². The lowest BCUT2D eigenvalue weighted by Crippen LogP contribution is -2.46. The highest BCUT2D eigenvalue weighted by molar-refractivity contribution is 7.10. The van der Waals surface area contributed by atoms with E-state index in [9.17, 15) is 9.90 Å². The SMILES string of the molecule is O=C(O)c1nc(N2CCC3(CC2)OCCc2sccc23)ccc1Cl. The smallest absolute Gasteiger partial charge is 0.356 e. The van der Waals surface area contributed by atoms with E-state index >= 15 is 0 Å². The number of carboxylic acid groups (broad SMARTS) is 1. The summed E-state index contributed by atoms with van der Waals surface area (Å²) in [4.78, 5) is 19.0. The van der Waals surface area contributed by atoms with E-state index in [0.717, 1.165) is 39.0 Å². The van der Waals surface area contributed by atoms with Crippen LogP contribution in [-0.2, 0) is 16.8 Å². The lowest BCUT2D eigenvalue weighted by molar-refractivity contribution is -0.0757. The van der Waals surface area contributed by atoms with Crippen LogP contribution in [0.15, 0.2) is 23.6 Å². The molecule has 5 nitrogen and oxygen atoms in total. The lowest BCUT2D eigenvalue weighted by atomic mass is 9.82. The van der Waals surface area contributed by atoms with Gasteiger partial charge in [0.25, 0.3) is 0 Å². The maximum absolute atomic E-state index is 11.2. The molecule has 0 radical (unpaired) electrons. The van der Waals surface area contributed by atoms with Gasteiger partial charge in [-0.15, -0.1) is 11.3 Å². The number of ether oxygens (including phenoxy) is 1. The molecule has 1 saturated heterocycles. The number of hydrogen-bond donors (Lipinski definition) is 1. The van der Waals surface area contributed by atoms with E-state index in [1.54, 1.807) is 12.1 Å². The fourth-order valence-electron chi connectivity index (χ4n) is 3.63. The minimum atomic E-state index is -1.10. The molecule has 7 heteroatoms. The van der Waals surface area contributed by atoms with Crippen molar-refractivity contribution in [3.05, 3.63) is 44.7 Å². The van der Waals surface area contributed by atoms with Crippen molar-refractivity contribution in [1.82, 2.24) is 4.98 Å². The molecule has 2 aromatic rings. The molecule has 4 heterocycles. The number of hydrogen-bond acceptors (Lipinski definition) is 5. The Morgan fingerprint density at radius 3 is 2.88 bits per heavy atom. The molecule has 2 aliphatic rings. The molecule has 0 unspecified atom stereocenters. The van der Waals surface area contributed by atoms with Gasteiger partial charge in [0.2, 0.25) is 0 Å². The van der Waals surface area contributed by atoms with Crippen LogP contribution in [-0.4, -0.2) is 35.8 Å². The van der Waals surface area contributed by atoms with E-state index in [4.69, 9.17) is 16.3 Å². The standard InChI is InChI=1S/C17H17ClN2O3S/c18-12-1-2-14(19-15(12)16(21)22)20-7-5-17(6-8-20)11-4-10-24-13(11)3-9-23-17/h1-2,4,10H,3,5-9H2,(H,21,22). The van der Waals surface area contributed by atoms with Crippen LogP contribution in [0.5, 0.6) is 0 Å². The average Bonchev–Trinajstić information content (AvgIpc) is 3.06. The minimum Gasteiger partial charge on any atom is -0.476 e. The highest BCUT2D eigenvalue weighted by Crippen LogP contribution is 2.43. The summed E-state index contributed by atoms with van der Waals surface area (Å²) in [7, 11) is 0. The Bertz CT molecular complexity index is 784. The third kappa shape index (κ3) is 2.59. The summed E-state index contributed by atoms with van der Waals surface area (Å²) in [6, 6.07) is 5.58. The number of carboxylic acids is 1. The van der Waals surface area contributed by atoms with Crippen LogP contribution in [0.4, 0.5) is 5.82 Å². The first-order valence-corrected chi connectivity index (χ1v) is 9.20. The Labute approximate surface area is 148 Å². The van der Waals surface area contributed by atoms with Gasteiger partial charge in [-0.2, -0.15) is 0 Å².